The minimum absolute atomic E-state index is 0.284. The summed E-state index contributed by atoms with van der Waals surface area (Å²) in [4.78, 5) is 11.1. The normalized spacial score (nSPS) is 11.3. The maximum atomic E-state index is 7.50. The van der Waals surface area contributed by atoms with Crippen molar-refractivity contribution in [3.63, 3.8) is 0 Å². The first-order chi connectivity index (χ1) is 14.7. The van der Waals surface area contributed by atoms with Crippen molar-refractivity contribution in [3.8, 4) is 11.5 Å². The molecule has 0 bridgehead atoms. The molecule has 0 spiro atoms. The monoisotopic (exact) mass is 393 g/mol. The van der Waals surface area contributed by atoms with Crippen molar-refractivity contribution in [1.29, 1.82) is 0 Å². The van der Waals surface area contributed by atoms with E-state index in [0.717, 1.165) is 28.2 Å². The number of rotatable bonds is 7. The van der Waals surface area contributed by atoms with Gasteiger partial charge in [0.25, 0.3) is 0 Å². The van der Waals surface area contributed by atoms with Gasteiger partial charge in [-0.3, -0.25) is 14.7 Å². The number of hydrogen-bond donors (Lipinski definition) is 0. The molecule has 0 unspecified atom stereocenters. The lowest BCUT2D eigenvalue weighted by Crippen LogP contribution is -1.95. The van der Waals surface area contributed by atoms with Crippen molar-refractivity contribution in [3.05, 3.63) is 124 Å². The Hall–Kier alpha value is -4.35. The molecule has 1 heterocycles. The number of methoxy groups -OCH3 is 1. The molecule has 146 valence electrons. The zero-order chi connectivity index (χ0) is 21.2. The number of pyridine rings is 1. The van der Waals surface area contributed by atoms with Crippen LogP contribution in [0.5, 0.6) is 11.5 Å². The third-order valence-corrected chi connectivity index (χ3v) is 4.26. The summed E-state index contributed by atoms with van der Waals surface area (Å²) < 4.78 is 10.9. The molecule has 0 saturated carbocycles. The van der Waals surface area contributed by atoms with Crippen LogP contribution in [0.4, 0.5) is 0 Å². The second-order valence-corrected chi connectivity index (χ2v) is 6.27. The zero-order valence-corrected chi connectivity index (χ0v) is 16.4. The molecule has 0 fully saturated rings. The van der Waals surface area contributed by atoms with E-state index < -0.39 is 0 Å². The summed E-state index contributed by atoms with van der Waals surface area (Å²) in [5.74, 6) is 1.47. The lowest BCUT2D eigenvalue weighted by atomic mass is 10.1. The molecular formula is C25H19N3O2. The van der Waals surface area contributed by atoms with Gasteiger partial charge in [0.1, 0.15) is 18.1 Å². The van der Waals surface area contributed by atoms with E-state index in [0.29, 0.717) is 6.61 Å². The molecule has 3 rings (SSSR count). The van der Waals surface area contributed by atoms with E-state index in [1.807, 2.05) is 60.7 Å². The Bertz CT molecular complexity index is 1120. The first kappa shape index (κ1) is 20.4. The van der Waals surface area contributed by atoms with Gasteiger partial charge in [0.2, 0.25) is 0 Å². The van der Waals surface area contributed by atoms with Gasteiger partial charge in [0, 0.05) is 12.4 Å². The minimum atomic E-state index is 0.284. The smallest absolute Gasteiger partial charge is 0.195 e. The molecule has 2 aromatic carbocycles. The molecule has 0 saturated heterocycles. The quantitative estimate of drug-likeness (QED) is 0.371. The largest absolute Gasteiger partial charge is 0.497 e. The number of ether oxygens (including phenoxy) is 2. The summed E-state index contributed by atoms with van der Waals surface area (Å²) in [7, 11) is 1.60. The zero-order valence-electron chi connectivity index (χ0n) is 16.4. The first-order valence-corrected chi connectivity index (χ1v) is 9.16. The highest BCUT2D eigenvalue weighted by Crippen LogP contribution is 2.23. The fourth-order valence-corrected chi connectivity index (χ4v) is 2.65. The van der Waals surface area contributed by atoms with Crippen molar-refractivity contribution in [2.45, 2.75) is 6.61 Å². The average molecular weight is 393 g/mol. The van der Waals surface area contributed by atoms with Crippen molar-refractivity contribution in [2.24, 2.45) is 0 Å². The van der Waals surface area contributed by atoms with Crippen molar-refractivity contribution in [2.75, 3.05) is 7.11 Å². The van der Waals surface area contributed by atoms with Gasteiger partial charge in [0.15, 0.2) is 11.4 Å². The Morgan fingerprint density at radius 2 is 1.30 bits per heavy atom. The molecule has 5 nitrogen and oxygen atoms in total. The van der Waals surface area contributed by atoms with E-state index in [9.17, 15) is 0 Å². The third kappa shape index (κ3) is 5.58. The summed E-state index contributed by atoms with van der Waals surface area (Å²) in [6.07, 6.45) is 6.86. The SMILES string of the molecule is [C-]#[N+]C(=Cc1ccc(OC)cc1)C(=Cc1ccc(OCc2ccncc2)cc1)[N+]#[C-]. The predicted octanol–water partition coefficient (Wildman–Crippen LogP) is 5.89. The fourth-order valence-electron chi connectivity index (χ4n) is 2.65. The van der Waals surface area contributed by atoms with Crippen LogP contribution in [0.1, 0.15) is 16.7 Å². The van der Waals surface area contributed by atoms with Crippen LogP contribution < -0.4 is 9.47 Å². The molecule has 0 aliphatic heterocycles. The van der Waals surface area contributed by atoms with Crippen LogP contribution in [-0.2, 0) is 6.61 Å². The number of aromatic nitrogens is 1. The summed E-state index contributed by atoms with van der Waals surface area (Å²) in [5, 5.41) is 0. The van der Waals surface area contributed by atoms with Crippen LogP contribution in [0.15, 0.2) is 84.5 Å². The summed E-state index contributed by atoms with van der Waals surface area (Å²) in [5.41, 5.74) is 3.26. The van der Waals surface area contributed by atoms with E-state index in [1.165, 1.54) is 0 Å². The van der Waals surface area contributed by atoms with Crippen LogP contribution in [0.2, 0.25) is 0 Å². The second-order valence-electron chi connectivity index (χ2n) is 6.27. The highest BCUT2D eigenvalue weighted by molar-refractivity contribution is 5.69. The van der Waals surface area contributed by atoms with E-state index in [-0.39, 0.29) is 11.4 Å². The number of benzene rings is 2. The van der Waals surface area contributed by atoms with Crippen molar-refractivity contribution in [1.82, 2.24) is 4.98 Å². The highest BCUT2D eigenvalue weighted by atomic mass is 16.5. The summed E-state index contributed by atoms with van der Waals surface area (Å²) in [6, 6.07) is 18.6. The Kier molecular flexibility index (Phi) is 6.97. The topological polar surface area (TPSA) is 40.1 Å². The van der Waals surface area contributed by atoms with Crippen molar-refractivity contribution < 1.29 is 9.47 Å². The highest BCUT2D eigenvalue weighted by Gasteiger charge is 2.07. The van der Waals surface area contributed by atoms with Crippen LogP contribution in [0.25, 0.3) is 21.8 Å². The molecule has 0 atom stereocenters. The molecule has 30 heavy (non-hydrogen) atoms. The van der Waals surface area contributed by atoms with Gasteiger partial charge in [0.05, 0.1) is 20.3 Å². The fraction of sp³-hybridized carbons (Fsp3) is 0.0800. The molecule has 0 aliphatic rings. The summed E-state index contributed by atoms with van der Waals surface area (Å²) in [6.45, 7) is 15.4. The van der Waals surface area contributed by atoms with Crippen LogP contribution >= 0.6 is 0 Å². The standard InChI is InChI=1S/C25H19N3O2/c1-26-24(16-19-4-8-22(29-3)9-5-19)25(27-2)17-20-6-10-23(11-7-20)30-18-21-12-14-28-15-13-21/h4-17H,18H2,3H3. The van der Waals surface area contributed by atoms with Gasteiger partial charge in [-0.2, -0.15) is 0 Å². The van der Waals surface area contributed by atoms with Gasteiger partial charge < -0.3 is 9.47 Å². The molecule has 0 radical (unpaired) electrons. The minimum Gasteiger partial charge on any atom is -0.497 e. The van der Waals surface area contributed by atoms with E-state index in [4.69, 9.17) is 22.6 Å². The van der Waals surface area contributed by atoms with Crippen LogP contribution in [-0.4, -0.2) is 12.1 Å². The Morgan fingerprint density at radius 1 is 0.800 bits per heavy atom. The lowest BCUT2D eigenvalue weighted by molar-refractivity contribution is 0.306. The number of hydrogen-bond acceptors (Lipinski definition) is 3. The number of nitrogens with zero attached hydrogens (tertiary/aromatic N) is 3. The molecule has 1 aromatic heterocycles. The molecule has 3 aromatic rings. The Labute approximate surface area is 176 Å². The van der Waals surface area contributed by atoms with Gasteiger partial charge in [-0.05, 0) is 53.1 Å². The Morgan fingerprint density at radius 3 is 1.77 bits per heavy atom. The molecule has 5 heteroatoms. The predicted molar refractivity (Wildman–Crippen MR) is 117 cm³/mol. The summed E-state index contributed by atoms with van der Waals surface area (Å²) >= 11 is 0. The van der Waals surface area contributed by atoms with E-state index >= 15 is 0 Å². The lowest BCUT2D eigenvalue weighted by Gasteiger charge is -2.06. The van der Waals surface area contributed by atoms with Gasteiger partial charge in [-0.1, -0.05) is 36.4 Å². The molecule has 0 amide bonds. The average Bonchev–Trinajstić information content (AvgIpc) is 2.81. The van der Waals surface area contributed by atoms with Gasteiger partial charge in [-0.15, -0.1) is 0 Å². The van der Waals surface area contributed by atoms with Crippen LogP contribution in [0.3, 0.4) is 0 Å². The first-order valence-electron chi connectivity index (χ1n) is 9.16. The third-order valence-electron chi connectivity index (χ3n) is 4.26. The van der Waals surface area contributed by atoms with Gasteiger partial charge >= 0.3 is 0 Å². The van der Waals surface area contributed by atoms with E-state index in [1.54, 1.807) is 31.7 Å². The maximum Gasteiger partial charge on any atom is 0.195 e. The Balaban J connectivity index is 1.74. The maximum absolute atomic E-state index is 7.50. The van der Waals surface area contributed by atoms with E-state index in [2.05, 4.69) is 14.7 Å². The van der Waals surface area contributed by atoms with Gasteiger partial charge in [-0.25, -0.2) is 0 Å². The molecular weight excluding hydrogens is 374 g/mol. The molecule has 0 N–H and O–H groups in total. The van der Waals surface area contributed by atoms with Crippen molar-refractivity contribution >= 4 is 12.2 Å². The second kappa shape index (κ2) is 10.3. The molecule has 0 aliphatic carbocycles. The van der Waals surface area contributed by atoms with Crippen LogP contribution in [0, 0.1) is 13.1 Å².